The van der Waals surface area contributed by atoms with Gasteiger partial charge in [0.1, 0.15) is 10.6 Å². The number of carbonyl (C=O) groups excluding carboxylic acids is 4. The van der Waals surface area contributed by atoms with E-state index in [4.69, 9.17) is 0 Å². The van der Waals surface area contributed by atoms with E-state index in [0.29, 0.717) is 16.2 Å². The molecule has 32 heavy (non-hydrogen) atoms. The first-order chi connectivity index (χ1) is 15.1. The lowest BCUT2D eigenvalue weighted by molar-refractivity contribution is -0.121. The Morgan fingerprint density at radius 1 is 1.06 bits per heavy atom. The Kier molecular flexibility index (Phi) is 5.65. The summed E-state index contributed by atoms with van der Waals surface area (Å²) in [5, 5.41) is 3.83. The predicted molar refractivity (Wildman–Crippen MR) is 112 cm³/mol. The summed E-state index contributed by atoms with van der Waals surface area (Å²) in [5.74, 6) is -3.54. The van der Waals surface area contributed by atoms with Crippen LogP contribution in [0.25, 0.3) is 10.6 Å². The van der Waals surface area contributed by atoms with Crippen LogP contribution < -0.4 is 10.2 Å². The van der Waals surface area contributed by atoms with E-state index >= 15 is 0 Å². The van der Waals surface area contributed by atoms with E-state index < -0.39 is 22.7 Å². The Labute approximate surface area is 186 Å². The van der Waals surface area contributed by atoms with E-state index in [0.717, 1.165) is 16.2 Å². The van der Waals surface area contributed by atoms with Crippen molar-refractivity contribution in [3.8, 4) is 10.6 Å². The second-order valence-electron chi connectivity index (χ2n) is 6.63. The van der Waals surface area contributed by atoms with Gasteiger partial charge in [-0.25, -0.2) is 4.98 Å². The van der Waals surface area contributed by atoms with Gasteiger partial charge in [0, 0.05) is 18.4 Å². The number of aromatic nitrogens is 1. The number of rotatable bonds is 5. The summed E-state index contributed by atoms with van der Waals surface area (Å²) >= 11 is 1.53. The van der Waals surface area contributed by atoms with Crippen LogP contribution in [0.2, 0.25) is 0 Å². The topological polar surface area (TPSA) is 96.4 Å². The first-order valence-corrected chi connectivity index (χ1v) is 10.8. The number of amides is 3. The third kappa shape index (κ3) is 4.18. The number of thiophene rings is 1. The van der Waals surface area contributed by atoms with Gasteiger partial charge in [0.05, 0.1) is 10.6 Å². The van der Waals surface area contributed by atoms with Crippen molar-refractivity contribution >= 4 is 57.0 Å². The number of alkyl halides is 3. The molecule has 1 saturated heterocycles. The quantitative estimate of drug-likeness (QED) is 0.429. The molecule has 0 bridgehead atoms. The van der Waals surface area contributed by atoms with E-state index in [9.17, 15) is 32.3 Å². The molecule has 0 unspecified atom stereocenters. The van der Waals surface area contributed by atoms with Crippen molar-refractivity contribution in [1.29, 1.82) is 0 Å². The van der Waals surface area contributed by atoms with Crippen LogP contribution in [-0.2, 0) is 9.59 Å². The Morgan fingerprint density at radius 2 is 1.78 bits per heavy atom. The number of Topliss-reactive ketones (excluding diaryl/α,β-unsaturated/α-hetero) is 1. The van der Waals surface area contributed by atoms with Gasteiger partial charge >= 0.3 is 6.18 Å². The number of hydrogen-bond acceptors (Lipinski definition) is 7. The monoisotopic (exact) mass is 479 g/mol. The highest BCUT2D eigenvalue weighted by molar-refractivity contribution is 7.19. The van der Waals surface area contributed by atoms with Crippen molar-refractivity contribution in [2.45, 2.75) is 19.0 Å². The molecule has 3 aromatic rings. The first-order valence-electron chi connectivity index (χ1n) is 9.08. The minimum absolute atomic E-state index is 0.0616. The molecule has 0 aliphatic carbocycles. The number of ketones is 1. The average molecular weight is 479 g/mol. The highest BCUT2D eigenvalue weighted by atomic mass is 32.1. The molecule has 164 valence electrons. The van der Waals surface area contributed by atoms with Crippen molar-refractivity contribution in [3.05, 3.63) is 52.2 Å². The van der Waals surface area contributed by atoms with E-state index in [1.807, 2.05) is 0 Å². The van der Waals surface area contributed by atoms with Gasteiger partial charge in [-0.3, -0.25) is 29.4 Å². The van der Waals surface area contributed by atoms with Crippen LogP contribution in [-0.4, -0.2) is 34.7 Å². The number of benzene rings is 1. The summed E-state index contributed by atoms with van der Waals surface area (Å²) in [6, 6.07) is 8.83. The zero-order chi connectivity index (χ0) is 23.0. The van der Waals surface area contributed by atoms with Gasteiger partial charge in [0.2, 0.25) is 11.8 Å². The number of halogens is 3. The zero-order valence-electron chi connectivity index (χ0n) is 15.9. The van der Waals surface area contributed by atoms with Crippen LogP contribution in [0.4, 0.5) is 24.0 Å². The number of imide groups is 1. The molecule has 1 N–H and O–H groups in total. The van der Waals surface area contributed by atoms with E-state index in [1.54, 1.807) is 11.4 Å². The standard InChI is InChI=1S/C20H12F3N3O4S2/c21-20(22,23)17(29)16-15(12-5-2-8-31-12)24-19(32-16)25-18(30)10-3-1-4-11(9-10)26-13(27)6-7-14(26)28/h1-5,8-9H,6-7H2,(H,24,25,30). The van der Waals surface area contributed by atoms with Crippen molar-refractivity contribution in [1.82, 2.24) is 4.98 Å². The minimum atomic E-state index is -5.09. The van der Waals surface area contributed by atoms with Crippen molar-refractivity contribution in [3.63, 3.8) is 0 Å². The fraction of sp³-hybridized carbons (Fsp3) is 0.150. The van der Waals surface area contributed by atoms with Gasteiger partial charge < -0.3 is 0 Å². The summed E-state index contributed by atoms with van der Waals surface area (Å²) in [6.45, 7) is 0. The molecule has 3 amide bonds. The molecule has 1 aliphatic rings. The summed E-state index contributed by atoms with van der Waals surface area (Å²) in [4.78, 5) is 53.1. The summed E-state index contributed by atoms with van der Waals surface area (Å²) in [7, 11) is 0. The number of thiazole rings is 1. The number of anilines is 2. The number of nitrogens with one attached hydrogen (secondary N) is 1. The van der Waals surface area contributed by atoms with Crippen LogP contribution >= 0.6 is 22.7 Å². The van der Waals surface area contributed by atoms with E-state index in [2.05, 4.69) is 10.3 Å². The molecule has 1 fully saturated rings. The minimum Gasteiger partial charge on any atom is -0.298 e. The molecule has 7 nitrogen and oxygen atoms in total. The number of carbonyl (C=O) groups is 4. The Morgan fingerprint density at radius 3 is 2.41 bits per heavy atom. The second kappa shape index (κ2) is 8.28. The Bertz CT molecular complexity index is 1220. The molecule has 1 aromatic carbocycles. The van der Waals surface area contributed by atoms with Crippen LogP contribution in [0, 0.1) is 0 Å². The maximum absolute atomic E-state index is 13.0. The zero-order valence-corrected chi connectivity index (χ0v) is 17.6. The molecule has 0 saturated carbocycles. The lowest BCUT2D eigenvalue weighted by Crippen LogP contribution is -2.28. The fourth-order valence-electron chi connectivity index (χ4n) is 3.06. The van der Waals surface area contributed by atoms with E-state index in [-0.39, 0.29) is 46.7 Å². The smallest absolute Gasteiger partial charge is 0.298 e. The van der Waals surface area contributed by atoms with Crippen LogP contribution in [0.15, 0.2) is 41.8 Å². The molecule has 2 aromatic heterocycles. The van der Waals surface area contributed by atoms with E-state index in [1.165, 1.54) is 30.3 Å². The molecular formula is C20H12F3N3O4S2. The molecule has 12 heteroatoms. The van der Waals surface area contributed by atoms with Gasteiger partial charge in [-0.2, -0.15) is 13.2 Å². The highest BCUT2D eigenvalue weighted by Gasteiger charge is 2.42. The lowest BCUT2D eigenvalue weighted by Gasteiger charge is -2.14. The van der Waals surface area contributed by atoms with Gasteiger partial charge in [0.15, 0.2) is 5.13 Å². The Balaban J connectivity index is 1.63. The molecule has 0 radical (unpaired) electrons. The van der Waals surface area contributed by atoms with Crippen LogP contribution in [0.1, 0.15) is 32.9 Å². The fourth-order valence-corrected chi connectivity index (χ4v) is 4.78. The lowest BCUT2D eigenvalue weighted by atomic mass is 10.2. The van der Waals surface area contributed by atoms with Crippen molar-refractivity contribution in [2.24, 2.45) is 0 Å². The van der Waals surface area contributed by atoms with Crippen molar-refractivity contribution < 1.29 is 32.3 Å². The molecule has 1 aliphatic heterocycles. The maximum Gasteiger partial charge on any atom is 0.455 e. The number of hydrogen-bond donors (Lipinski definition) is 1. The SMILES string of the molecule is O=C(Nc1nc(-c2cccs2)c(C(=O)C(F)(F)F)s1)c1cccc(N2C(=O)CCC2=O)c1. The third-order valence-electron chi connectivity index (χ3n) is 4.48. The van der Waals surface area contributed by atoms with Crippen LogP contribution in [0.3, 0.4) is 0 Å². The summed E-state index contributed by atoms with van der Waals surface area (Å²) in [6.07, 6.45) is -4.94. The van der Waals surface area contributed by atoms with Gasteiger partial charge in [0.25, 0.3) is 11.7 Å². The molecule has 0 atom stereocenters. The first kappa shape index (κ1) is 21.8. The van der Waals surface area contributed by atoms with Gasteiger partial charge in [-0.05, 0) is 29.6 Å². The molecule has 3 heterocycles. The van der Waals surface area contributed by atoms with Crippen molar-refractivity contribution in [2.75, 3.05) is 10.2 Å². The summed E-state index contributed by atoms with van der Waals surface area (Å²) in [5.41, 5.74) is 0.118. The van der Waals surface area contributed by atoms with Crippen LogP contribution in [0.5, 0.6) is 0 Å². The normalized spacial score (nSPS) is 14.2. The third-order valence-corrected chi connectivity index (χ3v) is 6.33. The number of nitrogens with zero attached hydrogens (tertiary/aromatic N) is 2. The predicted octanol–water partition coefficient (Wildman–Crippen LogP) is 4.52. The second-order valence-corrected chi connectivity index (χ2v) is 8.58. The van der Waals surface area contributed by atoms with Gasteiger partial charge in [-0.15, -0.1) is 11.3 Å². The molecular weight excluding hydrogens is 467 g/mol. The molecule has 4 rings (SSSR count). The largest absolute Gasteiger partial charge is 0.455 e. The van der Waals surface area contributed by atoms with Gasteiger partial charge in [-0.1, -0.05) is 23.5 Å². The highest BCUT2D eigenvalue weighted by Crippen LogP contribution is 2.37. The average Bonchev–Trinajstić information content (AvgIpc) is 3.47. The summed E-state index contributed by atoms with van der Waals surface area (Å²) < 4.78 is 39.1. The molecule has 0 spiro atoms. The Hall–Kier alpha value is -3.38. The maximum atomic E-state index is 13.0.